The number of carboxylic acid groups (broad SMARTS) is 1. The lowest BCUT2D eigenvalue weighted by Gasteiger charge is -2.34. The third kappa shape index (κ3) is 48.2. The lowest BCUT2D eigenvalue weighted by Crippen LogP contribution is -2.55. The lowest BCUT2D eigenvalue weighted by molar-refractivity contribution is -0.889. The second-order valence-corrected chi connectivity index (χ2v) is 18.3. The van der Waals surface area contributed by atoms with Gasteiger partial charge >= 0.3 is 11.9 Å². The van der Waals surface area contributed by atoms with E-state index >= 15 is 0 Å². The Kier molecular flexibility index (Phi) is 47.1. The van der Waals surface area contributed by atoms with Crippen LogP contribution in [-0.4, -0.2) is 75.5 Å². The van der Waals surface area contributed by atoms with E-state index in [4.69, 9.17) is 14.2 Å². The van der Waals surface area contributed by atoms with Gasteiger partial charge in [0.05, 0.1) is 40.3 Å². The van der Waals surface area contributed by atoms with Gasteiger partial charge in [-0.05, 0) is 109 Å². The van der Waals surface area contributed by atoms with Crippen LogP contribution in [0.1, 0.15) is 174 Å². The van der Waals surface area contributed by atoms with Crippen LogP contribution in [-0.2, 0) is 28.6 Å². The van der Waals surface area contributed by atoms with Crippen molar-refractivity contribution in [2.45, 2.75) is 187 Å². The minimum Gasteiger partial charge on any atom is -0.544 e. The first-order valence-electron chi connectivity index (χ1n) is 26.9. The molecule has 70 heavy (non-hydrogen) atoms. The van der Waals surface area contributed by atoms with Crippen molar-refractivity contribution in [1.29, 1.82) is 0 Å². The van der Waals surface area contributed by atoms with Gasteiger partial charge in [0.1, 0.15) is 12.6 Å². The van der Waals surface area contributed by atoms with E-state index in [-0.39, 0.29) is 55.5 Å². The van der Waals surface area contributed by atoms with Crippen molar-refractivity contribution in [2.24, 2.45) is 0 Å². The number of carboxylic acids is 1. The number of ether oxygens (including phenoxy) is 3. The molecule has 0 fully saturated rings. The monoisotopic (exact) mass is 968 g/mol. The Morgan fingerprint density at radius 2 is 0.771 bits per heavy atom. The molecule has 2 unspecified atom stereocenters. The molecule has 0 aliphatic rings. The SMILES string of the molecule is CC/C=C/C/C=C/C/C=C/C/C=C/C/C=C/C/C=C/C/C=C/CCCC(=O)OCC(COCCC(C(=O)[O-])[N+](C)(C)C)OC(=O)CCCCCCCCC/C=C/C/C=C/C/C=C/C/C=C/C/C=C/CC. The number of quaternary nitrogens is 1. The van der Waals surface area contributed by atoms with Gasteiger partial charge in [-0.2, -0.15) is 0 Å². The highest BCUT2D eigenvalue weighted by atomic mass is 16.6. The van der Waals surface area contributed by atoms with Crippen molar-refractivity contribution in [1.82, 2.24) is 0 Å². The summed E-state index contributed by atoms with van der Waals surface area (Å²) in [7, 11) is 5.38. The van der Waals surface area contributed by atoms with Crippen molar-refractivity contribution in [3.63, 3.8) is 0 Å². The molecule has 0 heterocycles. The summed E-state index contributed by atoms with van der Waals surface area (Å²) in [5.74, 6) is -1.85. The third-order valence-electron chi connectivity index (χ3n) is 11.0. The summed E-state index contributed by atoms with van der Waals surface area (Å²) < 4.78 is 17.2. The molecule has 0 aliphatic carbocycles. The maximum atomic E-state index is 12.8. The van der Waals surface area contributed by atoms with Crippen LogP contribution in [0.15, 0.2) is 146 Å². The number of hydrogen-bond donors (Lipinski definition) is 0. The fourth-order valence-electron chi connectivity index (χ4n) is 6.91. The average Bonchev–Trinajstić information content (AvgIpc) is 3.33. The zero-order valence-electron chi connectivity index (χ0n) is 44.6. The van der Waals surface area contributed by atoms with Crippen molar-refractivity contribution in [2.75, 3.05) is 41.0 Å². The zero-order chi connectivity index (χ0) is 51.3. The second kappa shape index (κ2) is 50.6. The van der Waals surface area contributed by atoms with Crippen LogP contribution >= 0.6 is 0 Å². The molecule has 0 rings (SSSR count). The van der Waals surface area contributed by atoms with E-state index in [9.17, 15) is 19.5 Å². The molecule has 0 bridgehead atoms. The first kappa shape index (κ1) is 65.2. The van der Waals surface area contributed by atoms with Crippen LogP contribution in [0, 0.1) is 0 Å². The van der Waals surface area contributed by atoms with Gasteiger partial charge in [0.2, 0.25) is 0 Å². The molecule has 0 N–H and O–H groups in total. The minimum absolute atomic E-state index is 0.00683. The zero-order valence-corrected chi connectivity index (χ0v) is 44.6. The van der Waals surface area contributed by atoms with Crippen molar-refractivity contribution in [3.05, 3.63) is 146 Å². The molecule has 2 atom stereocenters. The van der Waals surface area contributed by atoms with E-state index < -0.39 is 18.1 Å². The molecular formula is C62H97NO7. The quantitative estimate of drug-likeness (QED) is 0.0259. The second-order valence-electron chi connectivity index (χ2n) is 18.3. The van der Waals surface area contributed by atoms with Gasteiger partial charge < -0.3 is 28.6 Å². The van der Waals surface area contributed by atoms with Gasteiger partial charge in [-0.3, -0.25) is 9.59 Å². The first-order chi connectivity index (χ1) is 34.1. The summed E-state index contributed by atoms with van der Waals surface area (Å²) in [5, 5.41) is 11.7. The number of esters is 2. The fraction of sp³-hybridized carbons (Fsp3) is 0.565. The fourth-order valence-corrected chi connectivity index (χ4v) is 6.91. The predicted molar refractivity (Wildman–Crippen MR) is 295 cm³/mol. The number of likely N-dealkylation sites (N-methyl/N-ethyl adjacent to an activating group) is 1. The molecule has 0 aromatic rings. The molecule has 0 saturated carbocycles. The van der Waals surface area contributed by atoms with Gasteiger partial charge in [-0.25, -0.2) is 0 Å². The summed E-state index contributed by atoms with van der Waals surface area (Å²) in [6.45, 7) is 4.34. The standard InChI is InChI=1S/C62H97NO7/c1-6-8-10-12-14-16-18-20-22-24-26-28-30-32-34-36-38-40-42-44-46-48-50-52-60(64)69-57-58(56-68-55-54-59(62(66)67)63(3,4)5)70-61(65)53-51-49-47-45-43-41-39-37-35-33-31-29-27-25-23-21-19-17-15-13-11-9-7-2/h8-11,14-17,20-23,26-29,32-35,38,40,44,46,58-59H,6-7,12-13,18-19,24-25,30-31,36-37,39,41-43,45,47-57H2,1-5H3/b10-8+,11-9+,16-14+,17-15+,22-20+,23-21+,28-26+,29-27+,34-32+,35-33+,40-38+,46-44+. The Balaban J connectivity index is 4.39. The Labute approximate surface area is 427 Å². The molecule has 0 radical (unpaired) electrons. The number of aliphatic carboxylic acids is 1. The smallest absolute Gasteiger partial charge is 0.306 e. The topological polar surface area (TPSA) is 102 Å². The molecule has 0 saturated heterocycles. The minimum atomic E-state index is -1.14. The largest absolute Gasteiger partial charge is 0.544 e. The van der Waals surface area contributed by atoms with Crippen LogP contribution in [0.3, 0.4) is 0 Å². The van der Waals surface area contributed by atoms with Gasteiger partial charge in [-0.15, -0.1) is 0 Å². The van der Waals surface area contributed by atoms with E-state index in [1.165, 1.54) is 19.3 Å². The van der Waals surface area contributed by atoms with Crippen molar-refractivity contribution >= 4 is 17.9 Å². The Morgan fingerprint density at radius 1 is 0.429 bits per heavy atom. The molecule has 392 valence electrons. The predicted octanol–water partition coefficient (Wildman–Crippen LogP) is 14.7. The summed E-state index contributed by atoms with van der Waals surface area (Å²) in [4.78, 5) is 37.1. The van der Waals surface area contributed by atoms with Crippen LogP contribution in [0.2, 0.25) is 0 Å². The summed E-state index contributed by atoms with van der Waals surface area (Å²) in [6, 6.07) is -0.748. The van der Waals surface area contributed by atoms with Crippen molar-refractivity contribution < 1.29 is 38.2 Å². The highest BCUT2D eigenvalue weighted by Gasteiger charge is 2.25. The van der Waals surface area contributed by atoms with Crippen molar-refractivity contribution in [3.8, 4) is 0 Å². The van der Waals surface area contributed by atoms with Crippen LogP contribution in [0.4, 0.5) is 0 Å². The van der Waals surface area contributed by atoms with E-state index in [0.29, 0.717) is 6.42 Å². The number of allylic oxidation sites excluding steroid dienone is 24. The van der Waals surface area contributed by atoms with Gasteiger partial charge in [0.15, 0.2) is 6.10 Å². The molecule has 0 amide bonds. The van der Waals surface area contributed by atoms with Crippen LogP contribution in [0.25, 0.3) is 0 Å². The third-order valence-corrected chi connectivity index (χ3v) is 11.0. The molecule has 8 heteroatoms. The number of hydrogen-bond acceptors (Lipinski definition) is 7. The molecule has 0 aromatic heterocycles. The average molecular weight is 968 g/mol. The maximum Gasteiger partial charge on any atom is 0.306 e. The molecule has 0 aromatic carbocycles. The van der Waals surface area contributed by atoms with E-state index in [1.54, 1.807) is 21.1 Å². The molecular weight excluding hydrogens is 871 g/mol. The number of rotatable bonds is 46. The van der Waals surface area contributed by atoms with Crippen LogP contribution < -0.4 is 5.11 Å². The van der Waals surface area contributed by atoms with E-state index in [0.717, 1.165) is 116 Å². The first-order valence-corrected chi connectivity index (χ1v) is 26.9. The Bertz CT molecular complexity index is 1650. The van der Waals surface area contributed by atoms with Gasteiger partial charge in [0.25, 0.3) is 0 Å². The number of carbonyl (C=O) groups is 3. The Hall–Kier alpha value is -4.79. The van der Waals surface area contributed by atoms with E-state index in [2.05, 4.69) is 160 Å². The summed E-state index contributed by atoms with van der Waals surface area (Å²) in [5.41, 5.74) is 0. The van der Waals surface area contributed by atoms with Gasteiger partial charge in [0, 0.05) is 19.3 Å². The van der Waals surface area contributed by atoms with Crippen LogP contribution in [0.5, 0.6) is 0 Å². The highest BCUT2D eigenvalue weighted by Crippen LogP contribution is 2.13. The van der Waals surface area contributed by atoms with Gasteiger partial charge in [-0.1, -0.05) is 192 Å². The Morgan fingerprint density at radius 3 is 1.16 bits per heavy atom. The summed E-state index contributed by atoms with van der Waals surface area (Å²) >= 11 is 0. The summed E-state index contributed by atoms with van der Waals surface area (Å²) in [6.07, 6.45) is 74.6. The maximum absolute atomic E-state index is 12.8. The number of carbonyl (C=O) groups excluding carboxylic acids is 3. The molecule has 0 spiro atoms. The number of nitrogens with zero attached hydrogens (tertiary/aromatic N) is 1. The normalized spacial score (nSPS) is 14.0. The lowest BCUT2D eigenvalue weighted by atomic mass is 10.1. The molecule has 0 aliphatic heterocycles. The van der Waals surface area contributed by atoms with E-state index in [1.807, 2.05) is 0 Å². The number of unbranched alkanes of at least 4 members (excludes halogenated alkanes) is 8. The molecule has 8 nitrogen and oxygen atoms in total. The highest BCUT2D eigenvalue weighted by molar-refractivity contribution is 5.70.